The van der Waals surface area contributed by atoms with Crippen molar-refractivity contribution < 1.29 is 0 Å². The Balaban J connectivity index is 1.87. The zero-order valence-corrected chi connectivity index (χ0v) is 12.0. The van der Waals surface area contributed by atoms with Crippen LogP contribution in [0.1, 0.15) is 20.3 Å². The van der Waals surface area contributed by atoms with Gasteiger partial charge in [0.1, 0.15) is 0 Å². The first-order valence-corrected chi connectivity index (χ1v) is 6.92. The number of hydrogen-bond donors (Lipinski definition) is 1. The third kappa shape index (κ3) is 4.22. The van der Waals surface area contributed by atoms with Gasteiger partial charge in [-0.25, -0.2) is 9.67 Å². The van der Waals surface area contributed by atoms with E-state index in [1.54, 1.807) is 24.8 Å². The summed E-state index contributed by atoms with van der Waals surface area (Å²) >= 11 is 0. The maximum absolute atomic E-state index is 11.9. The van der Waals surface area contributed by atoms with Crippen LogP contribution in [0, 0.1) is 5.92 Å². The van der Waals surface area contributed by atoms with Gasteiger partial charge in [0.05, 0.1) is 18.2 Å². The lowest BCUT2D eigenvalue weighted by Gasteiger charge is -2.09. The Hall–Kier alpha value is -2.11. The van der Waals surface area contributed by atoms with Crippen LogP contribution in [0.5, 0.6) is 0 Å². The first-order valence-electron chi connectivity index (χ1n) is 6.92. The zero-order valence-electron chi connectivity index (χ0n) is 12.0. The monoisotopic (exact) mass is 275 g/mol. The second kappa shape index (κ2) is 6.88. The van der Waals surface area contributed by atoms with E-state index in [4.69, 9.17) is 0 Å². The number of imidazole rings is 1. The molecule has 0 aliphatic heterocycles. The van der Waals surface area contributed by atoms with E-state index < -0.39 is 0 Å². The summed E-state index contributed by atoms with van der Waals surface area (Å²) in [5, 5.41) is 7.39. The highest BCUT2D eigenvalue weighted by Crippen LogP contribution is 2.02. The molecule has 0 fully saturated rings. The van der Waals surface area contributed by atoms with Gasteiger partial charge in [-0.05, 0) is 12.3 Å². The van der Waals surface area contributed by atoms with E-state index in [-0.39, 0.29) is 5.56 Å². The predicted molar refractivity (Wildman–Crippen MR) is 78.7 cm³/mol. The summed E-state index contributed by atoms with van der Waals surface area (Å²) in [6, 6.07) is 1.60. The van der Waals surface area contributed by atoms with Gasteiger partial charge in [0.25, 0.3) is 5.56 Å². The van der Waals surface area contributed by atoms with Gasteiger partial charge in [0, 0.05) is 38.1 Å². The standard InChI is InChI=1S/C14H21N5O/c1-12(2)9-16-13-8-14(20)19(17-10-13)6-3-5-18-7-4-15-11-18/h4,7-8,10-12,16H,3,5-6,9H2,1-2H3. The summed E-state index contributed by atoms with van der Waals surface area (Å²) in [5.41, 5.74) is 0.721. The minimum atomic E-state index is -0.0654. The number of nitrogens with one attached hydrogen (secondary N) is 1. The molecule has 0 spiro atoms. The second-order valence-electron chi connectivity index (χ2n) is 5.23. The molecule has 2 heterocycles. The Morgan fingerprint density at radius 3 is 2.85 bits per heavy atom. The van der Waals surface area contributed by atoms with Gasteiger partial charge in [-0.3, -0.25) is 4.79 Å². The molecule has 0 amide bonds. The summed E-state index contributed by atoms with van der Waals surface area (Å²) in [5.74, 6) is 0.535. The fourth-order valence-corrected chi connectivity index (χ4v) is 1.84. The molecule has 2 aromatic rings. The smallest absolute Gasteiger partial charge is 0.268 e. The van der Waals surface area contributed by atoms with Crippen LogP contribution in [0.2, 0.25) is 0 Å². The minimum absolute atomic E-state index is 0.0654. The number of aryl methyl sites for hydroxylation is 2. The van der Waals surface area contributed by atoms with Crippen LogP contribution in [0.15, 0.2) is 35.8 Å². The van der Waals surface area contributed by atoms with E-state index in [0.717, 1.165) is 25.2 Å². The van der Waals surface area contributed by atoms with Crippen LogP contribution < -0.4 is 10.9 Å². The quantitative estimate of drug-likeness (QED) is 0.833. The molecule has 0 aliphatic rings. The number of anilines is 1. The SMILES string of the molecule is CC(C)CNc1cnn(CCCn2ccnc2)c(=O)c1. The molecular formula is C14H21N5O. The molecule has 108 valence electrons. The van der Waals surface area contributed by atoms with Gasteiger partial charge >= 0.3 is 0 Å². The van der Waals surface area contributed by atoms with Gasteiger partial charge < -0.3 is 9.88 Å². The molecule has 2 aromatic heterocycles. The summed E-state index contributed by atoms with van der Waals surface area (Å²) in [4.78, 5) is 15.9. The average Bonchev–Trinajstić information content (AvgIpc) is 2.92. The molecule has 2 rings (SSSR count). The third-order valence-electron chi connectivity index (χ3n) is 2.93. The molecule has 0 radical (unpaired) electrons. The fraction of sp³-hybridized carbons (Fsp3) is 0.500. The molecule has 0 unspecified atom stereocenters. The summed E-state index contributed by atoms with van der Waals surface area (Å²) in [7, 11) is 0. The van der Waals surface area contributed by atoms with Crippen LogP contribution in [0.4, 0.5) is 5.69 Å². The highest BCUT2D eigenvalue weighted by molar-refractivity contribution is 5.38. The largest absolute Gasteiger partial charge is 0.383 e. The molecule has 20 heavy (non-hydrogen) atoms. The average molecular weight is 275 g/mol. The Bertz CT molecular complexity index is 574. The van der Waals surface area contributed by atoms with Crippen molar-refractivity contribution in [2.24, 2.45) is 5.92 Å². The van der Waals surface area contributed by atoms with Crippen molar-refractivity contribution in [3.05, 3.63) is 41.3 Å². The first-order chi connectivity index (χ1) is 9.65. The second-order valence-corrected chi connectivity index (χ2v) is 5.23. The van der Waals surface area contributed by atoms with E-state index in [1.165, 1.54) is 4.68 Å². The van der Waals surface area contributed by atoms with Gasteiger partial charge in [0.15, 0.2) is 0 Å². The van der Waals surface area contributed by atoms with Crippen LogP contribution in [-0.4, -0.2) is 25.9 Å². The van der Waals surface area contributed by atoms with Crippen molar-refractivity contribution in [3.63, 3.8) is 0 Å². The lowest BCUT2D eigenvalue weighted by Crippen LogP contribution is -2.23. The van der Waals surface area contributed by atoms with Crippen molar-refractivity contribution in [2.45, 2.75) is 33.4 Å². The maximum atomic E-state index is 11.9. The lowest BCUT2D eigenvalue weighted by atomic mass is 10.2. The first kappa shape index (κ1) is 14.3. The summed E-state index contributed by atoms with van der Waals surface area (Å²) in [6.45, 7) is 6.53. The van der Waals surface area contributed by atoms with Crippen LogP contribution in [0.25, 0.3) is 0 Å². The summed E-state index contributed by atoms with van der Waals surface area (Å²) in [6.07, 6.45) is 7.99. The number of rotatable bonds is 7. The highest BCUT2D eigenvalue weighted by atomic mass is 16.1. The summed E-state index contributed by atoms with van der Waals surface area (Å²) < 4.78 is 3.49. The van der Waals surface area contributed by atoms with Crippen molar-refractivity contribution in [2.75, 3.05) is 11.9 Å². The van der Waals surface area contributed by atoms with Crippen molar-refractivity contribution in [1.82, 2.24) is 19.3 Å². The lowest BCUT2D eigenvalue weighted by molar-refractivity contribution is 0.507. The van der Waals surface area contributed by atoms with Crippen molar-refractivity contribution >= 4 is 5.69 Å². The normalized spacial score (nSPS) is 10.9. The predicted octanol–water partition coefficient (Wildman–Crippen LogP) is 1.60. The molecule has 1 N–H and O–H groups in total. The van der Waals surface area contributed by atoms with Crippen LogP contribution >= 0.6 is 0 Å². The van der Waals surface area contributed by atoms with Gasteiger partial charge in [-0.15, -0.1) is 0 Å². The molecule has 6 heteroatoms. The number of hydrogen-bond acceptors (Lipinski definition) is 4. The van der Waals surface area contributed by atoms with Crippen LogP contribution in [0.3, 0.4) is 0 Å². The van der Waals surface area contributed by atoms with Gasteiger partial charge in [-0.2, -0.15) is 5.10 Å². The topological polar surface area (TPSA) is 64.7 Å². The van der Waals surface area contributed by atoms with E-state index >= 15 is 0 Å². The highest BCUT2D eigenvalue weighted by Gasteiger charge is 2.01. The third-order valence-corrected chi connectivity index (χ3v) is 2.93. The minimum Gasteiger partial charge on any atom is -0.383 e. The molecule has 0 saturated heterocycles. The number of aromatic nitrogens is 4. The molecule has 0 aromatic carbocycles. The molecule has 6 nitrogen and oxygen atoms in total. The van der Waals surface area contributed by atoms with E-state index in [9.17, 15) is 4.79 Å². The molecule has 0 aliphatic carbocycles. The Morgan fingerprint density at radius 1 is 1.35 bits per heavy atom. The van der Waals surface area contributed by atoms with E-state index in [0.29, 0.717) is 12.5 Å². The fourth-order valence-electron chi connectivity index (χ4n) is 1.84. The van der Waals surface area contributed by atoms with Crippen LogP contribution in [-0.2, 0) is 13.1 Å². The molecular weight excluding hydrogens is 254 g/mol. The Labute approximate surface area is 118 Å². The van der Waals surface area contributed by atoms with E-state index in [2.05, 4.69) is 29.2 Å². The molecule has 0 bridgehead atoms. The zero-order chi connectivity index (χ0) is 14.4. The van der Waals surface area contributed by atoms with Gasteiger partial charge in [0.2, 0.25) is 0 Å². The van der Waals surface area contributed by atoms with Gasteiger partial charge in [-0.1, -0.05) is 13.8 Å². The van der Waals surface area contributed by atoms with E-state index in [1.807, 2.05) is 10.8 Å². The maximum Gasteiger partial charge on any atom is 0.268 e. The molecule has 0 atom stereocenters. The van der Waals surface area contributed by atoms with Crippen molar-refractivity contribution in [3.8, 4) is 0 Å². The van der Waals surface area contributed by atoms with Crippen molar-refractivity contribution in [1.29, 1.82) is 0 Å². The molecule has 0 saturated carbocycles. The Morgan fingerprint density at radius 2 is 2.20 bits per heavy atom. The number of nitrogens with zero attached hydrogens (tertiary/aromatic N) is 4. The Kier molecular flexibility index (Phi) is 4.92.